The molecule has 0 atom stereocenters. The van der Waals surface area contributed by atoms with Crippen molar-refractivity contribution in [2.45, 2.75) is 26.1 Å². The van der Waals surface area contributed by atoms with Crippen molar-refractivity contribution in [3.8, 4) is 28.4 Å². The maximum absolute atomic E-state index is 14.2. The lowest BCUT2D eigenvalue weighted by atomic mass is 10.0. The van der Waals surface area contributed by atoms with Gasteiger partial charge in [0.2, 0.25) is 11.6 Å². The topological polar surface area (TPSA) is 38.7 Å². The molecule has 9 heteroatoms. The number of benzene rings is 2. The molecule has 1 N–H and O–H groups in total. The number of ether oxygens (including phenoxy) is 2. The molecule has 26 heavy (non-hydrogen) atoms. The van der Waals surface area contributed by atoms with Crippen molar-refractivity contribution in [2.75, 3.05) is 6.61 Å². The number of aromatic hydroxyl groups is 1. The summed E-state index contributed by atoms with van der Waals surface area (Å²) in [5.74, 6) is -7.49. The molecule has 0 saturated heterocycles. The van der Waals surface area contributed by atoms with Crippen LogP contribution in [0.2, 0.25) is 0 Å². The standard InChI is InChI=1S/C17H14F6O3/c1-2-3-8-25-11-6-4-9(13(18)14(11)19)10-5-7-12(15(20)16(10)24)26-17(21,22)23/h4-7,24H,2-3,8H2,1H3. The first kappa shape index (κ1) is 19.7. The highest BCUT2D eigenvalue weighted by atomic mass is 19.4. The minimum Gasteiger partial charge on any atom is -0.504 e. The van der Waals surface area contributed by atoms with Crippen LogP contribution in [0.15, 0.2) is 24.3 Å². The molecule has 0 spiro atoms. The Kier molecular flexibility index (Phi) is 5.89. The molecule has 0 aliphatic rings. The van der Waals surface area contributed by atoms with Crippen molar-refractivity contribution in [2.24, 2.45) is 0 Å². The number of hydrogen-bond donors (Lipinski definition) is 1. The average molecular weight is 380 g/mol. The normalized spacial score (nSPS) is 11.5. The number of rotatable bonds is 6. The SMILES string of the molecule is CCCCOc1ccc(-c2ccc(OC(F)(F)F)c(F)c2O)c(F)c1F. The van der Waals surface area contributed by atoms with E-state index >= 15 is 0 Å². The fourth-order valence-corrected chi connectivity index (χ4v) is 2.14. The third kappa shape index (κ3) is 4.33. The smallest absolute Gasteiger partial charge is 0.504 e. The van der Waals surface area contributed by atoms with E-state index in [1.54, 1.807) is 0 Å². The zero-order valence-electron chi connectivity index (χ0n) is 13.5. The van der Waals surface area contributed by atoms with E-state index in [0.717, 1.165) is 24.6 Å². The van der Waals surface area contributed by atoms with E-state index in [1.807, 2.05) is 6.92 Å². The maximum atomic E-state index is 14.2. The monoisotopic (exact) mass is 380 g/mol. The first-order chi connectivity index (χ1) is 12.2. The molecule has 0 aliphatic carbocycles. The van der Waals surface area contributed by atoms with Gasteiger partial charge in [-0.15, -0.1) is 13.2 Å². The van der Waals surface area contributed by atoms with Crippen LogP contribution in [0.4, 0.5) is 26.3 Å². The van der Waals surface area contributed by atoms with Gasteiger partial charge in [0.05, 0.1) is 6.61 Å². The molecule has 0 radical (unpaired) electrons. The number of hydrogen-bond acceptors (Lipinski definition) is 3. The number of alkyl halides is 3. The van der Waals surface area contributed by atoms with Crippen LogP contribution in [0.3, 0.4) is 0 Å². The van der Waals surface area contributed by atoms with Crippen LogP contribution in [-0.4, -0.2) is 18.1 Å². The molecule has 0 aromatic heterocycles. The molecular formula is C17H14F6O3. The van der Waals surface area contributed by atoms with E-state index < -0.39 is 46.4 Å². The molecule has 2 rings (SSSR count). The summed E-state index contributed by atoms with van der Waals surface area (Å²) in [5, 5.41) is 9.74. The summed E-state index contributed by atoms with van der Waals surface area (Å²) >= 11 is 0. The average Bonchev–Trinajstić information content (AvgIpc) is 2.56. The summed E-state index contributed by atoms with van der Waals surface area (Å²) < 4.78 is 87.2. The van der Waals surface area contributed by atoms with Gasteiger partial charge in [-0.3, -0.25) is 0 Å². The Morgan fingerprint density at radius 2 is 1.50 bits per heavy atom. The molecule has 0 amide bonds. The van der Waals surface area contributed by atoms with Gasteiger partial charge >= 0.3 is 6.36 Å². The van der Waals surface area contributed by atoms with Gasteiger partial charge in [-0.25, -0.2) is 4.39 Å². The lowest BCUT2D eigenvalue weighted by molar-refractivity contribution is -0.275. The summed E-state index contributed by atoms with van der Waals surface area (Å²) in [6.45, 7) is 2.04. The molecule has 3 nitrogen and oxygen atoms in total. The second-order valence-electron chi connectivity index (χ2n) is 5.26. The molecule has 0 saturated carbocycles. The highest BCUT2D eigenvalue weighted by Gasteiger charge is 2.33. The minimum absolute atomic E-state index is 0.162. The number of unbranched alkanes of at least 4 members (excludes halogenated alkanes) is 1. The number of phenols is 1. The Hall–Kier alpha value is -2.58. The molecule has 0 fully saturated rings. The highest BCUT2D eigenvalue weighted by molar-refractivity contribution is 5.72. The van der Waals surface area contributed by atoms with Gasteiger partial charge in [-0.1, -0.05) is 13.3 Å². The Morgan fingerprint density at radius 3 is 2.12 bits per heavy atom. The van der Waals surface area contributed by atoms with Gasteiger partial charge in [0.25, 0.3) is 0 Å². The predicted molar refractivity (Wildman–Crippen MR) is 80.5 cm³/mol. The maximum Gasteiger partial charge on any atom is 0.573 e. The van der Waals surface area contributed by atoms with Gasteiger partial charge < -0.3 is 14.6 Å². The largest absolute Gasteiger partial charge is 0.573 e. The van der Waals surface area contributed by atoms with Gasteiger partial charge in [0.1, 0.15) is 0 Å². The molecule has 0 aliphatic heterocycles. The summed E-state index contributed by atoms with van der Waals surface area (Å²) in [4.78, 5) is 0. The van der Waals surface area contributed by atoms with Crippen LogP contribution in [-0.2, 0) is 0 Å². The summed E-state index contributed by atoms with van der Waals surface area (Å²) in [5.41, 5.74) is -1.08. The van der Waals surface area contributed by atoms with Crippen LogP contribution in [0.5, 0.6) is 17.2 Å². The van der Waals surface area contributed by atoms with Crippen molar-refractivity contribution >= 4 is 0 Å². The van der Waals surface area contributed by atoms with Crippen molar-refractivity contribution in [1.29, 1.82) is 0 Å². The van der Waals surface area contributed by atoms with E-state index in [9.17, 15) is 31.4 Å². The Bertz CT molecular complexity index is 789. The highest BCUT2D eigenvalue weighted by Crippen LogP contribution is 2.40. The Balaban J connectivity index is 2.39. The quantitative estimate of drug-likeness (QED) is 0.527. The first-order valence-electron chi connectivity index (χ1n) is 7.54. The molecule has 0 heterocycles. The second kappa shape index (κ2) is 7.76. The molecule has 2 aromatic rings. The van der Waals surface area contributed by atoms with E-state index in [4.69, 9.17) is 4.74 Å². The van der Waals surface area contributed by atoms with Gasteiger partial charge in [-0.2, -0.15) is 8.78 Å². The third-order valence-electron chi connectivity index (χ3n) is 3.40. The van der Waals surface area contributed by atoms with Gasteiger partial charge in [0, 0.05) is 11.1 Å². The second-order valence-corrected chi connectivity index (χ2v) is 5.26. The third-order valence-corrected chi connectivity index (χ3v) is 3.40. The van der Waals surface area contributed by atoms with Crippen LogP contribution >= 0.6 is 0 Å². The van der Waals surface area contributed by atoms with Gasteiger partial charge in [-0.05, 0) is 30.7 Å². The Labute approximate surface area is 144 Å². The lowest BCUT2D eigenvalue weighted by Gasteiger charge is -2.14. The van der Waals surface area contributed by atoms with Crippen molar-refractivity contribution < 1.29 is 40.9 Å². The van der Waals surface area contributed by atoms with Crippen LogP contribution in [0.25, 0.3) is 11.1 Å². The minimum atomic E-state index is -5.18. The number of halogens is 6. The summed E-state index contributed by atoms with van der Waals surface area (Å²) in [7, 11) is 0. The van der Waals surface area contributed by atoms with Crippen LogP contribution in [0, 0.1) is 17.5 Å². The summed E-state index contributed by atoms with van der Waals surface area (Å²) in [6.07, 6.45) is -3.78. The van der Waals surface area contributed by atoms with Crippen LogP contribution < -0.4 is 9.47 Å². The van der Waals surface area contributed by atoms with Crippen LogP contribution in [0.1, 0.15) is 19.8 Å². The molecule has 2 aromatic carbocycles. The van der Waals surface area contributed by atoms with E-state index in [2.05, 4.69) is 4.74 Å². The fourth-order valence-electron chi connectivity index (χ4n) is 2.14. The van der Waals surface area contributed by atoms with E-state index in [0.29, 0.717) is 12.5 Å². The zero-order valence-corrected chi connectivity index (χ0v) is 13.5. The lowest BCUT2D eigenvalue weighted by Crippen LogP contribution is -2.18. The molecule has 0 bridgehead atoms. The molecule has 0 unspecified atom stereocenters. The molecule has 142 valence electrons. The summed E-state index contributed by atoms with van der Waals surface area (Å²) in [6, 6.07) is 3.45. The van der Waals surface area contributed by atoms with Crippen molar-refractivity contribution in [3.63, 3.8) is 0 Å². The van der Waals surface area contributed by atoms with Gasteiger partial charge in [0.15, 0.2) is 23.1 Å². The van der Waals surface area contributed by atoms with Crippen molar-refractivity contribution in [3.05, 3.63) is 41.7 Å². The fraction of sp³-hybridized carbons (Fsp3) is 0.294. The van der Waals surface area contributed by atoms with E-state index in [1.165, 1.54) is 0 Å². The first-order valence-corrected chi connectivity index (χ1v) is 7.54. The number of phenolic OH excluding ortho intramolecular Hbond substituents is 1. The zero-order chi connectivity index (χ0) is 19.5. The predicted octanol–water partition coefficient (Wildman–Crippen LogP) is 5.55. The van der Waals surface area contributed by atoms with E-state index in [-0.39, 0.29) is 12.4 Å². The molecular weight excluding hydrogens is 366 g/mol. The Morgan fingerprint density at radius 1 is 0.885 bits per heavy atom. The van der Waals surface area contributed by atoms with Crippen molar-refractivity contribution in [1.82, 2.24) is 0 Å².